The number of amides is 1. The van der Waals surface area contributed by atoms with Gasteiger partial charge in [-0.2, -0.15) is 0 Å². The third-order valence-electron chi connectivity index (χ3n) is 3.11. The minimum absolute atomic E-state index is 0.0276. The van der Waals surface area contributed by atoms with Gasteiger partial charge in [0.2, 0.25) is 5.91 Å². The number of carbonyl (C=O) groups is 1. The molecule has 1 unspecified atom stereocenters. The van der Waals surface area contributed by atoms with Crippen LogP contribution in [0.3, 0.4) is 0 Å². The van der Waals surface area contributed by atoms with Crippen molar-refractivity contribution in [1.82, 2.24) is 10.6 Å². The zero-order valence-electron chi connectivity index (χ0n) is 11.8. The van der Waals surface area contributed by atoms with Crippen LogP contribution in [0.1, 0.15) is 25.0 Å². The van der Waals surface area contributed by atoms with Crippen molar-refractivity contribution < 1.29 is 4.79 Å². The van der Waals surface area contributed by atoms with Crippen molar-refractivity contribution in [2.75, 3.05) is 13.6 Å². The van der Waals surface area contributed by atoms with E-state index in [1.54, 1.807) is 0 Å². The maximum absolute atomic E-state index is 12.1. The quantitative estimate of drug-likeness (QED) is 0.809. The molecule has 1 aromatic carbocycles. The van der Waals surface area contributed by atoms with E-state index in [1.807, 2.05) is 19.2 Å². The lowest BCUT2D eigenvalue weighted by atomic mass is 9.95. The van der Waals surface area contributed by atoms with E-state index in [0.29, 0.717) is 12.5 Å². The van der Waals surface area contributed by atoms with Gasteiger partial charge in [-0.1, -0.05) is 43.7 Å². The summed E-state index contributed by atoms with van der Waals surface area (Å²) in [4.78, 5) is 12.1. The molecule has 3 nitrogen and oxygen atoms in total. The van der Waals surface area contributed by atoms with E-state index in [0.717, 1.165) is 12.1 Å². The molecule has 0 saturated carbocycles. The molecule has 3 heteroatoms. The van der Waals surface area contributed by atoms with Crippen molar-refractivity contribution in [3.8, 4) is 0 Å². The van der Waals surface area contributed by atoms with Crippen molar-refractivity contribution in [2.24, 2.45) is 11.8 Å². The summed E-state index contributed by atoms with van der Waals surface area (Å²) in [5.41, 5.74) is 2.37. The van der Waals surface area contributed by atoms with E-state index in [-0.39, 0.29) is 11.8 Å². The van der Waals surface area contributed by atoms with Gasteiger partial charge in [0.1, 0.15) is 0 Å². The van der Waals surface area contributed by atoms with E-state index >= 15 is 0 Å². The Morgan fingerprint density at radius 1 is 1.33 bits per heavy atom. The molecule has 0 heterocycles. The van der Waals surface area contributed by atoms with Gasteiger partial charge in [0.25, 0.3) is 0 Å². The van der Waals surface area contributed by atoms with Gasteiger partial charge in [0.05, 0.1) is 5.92 Å². The molecule has 1 rings (SSSR count). The minimum Gasteiger partial charge on any atom is -0.352 e. The molecular formula is C15H24N2O. The van der Waals surface area contributed by atoms with E-state index in [4.69, 9.17) is 0 Å². The molecule has 18 heavy (non-hydrogen) atoms. The number of nitrogens with one attached hydrogen (secondary N) is 2. The van der Waals surface area contributed by atoms with E-state index in [9.17, 15) is 4.79 Å². The topological polar surface area (TPSA) is 41.1 Å². The Morgan fingerprint density at radius 2 is 2.06 bits per heavy atom. The zero-order chi connectivity index (χ0) is 13.5. The summed E-state index contributed by atoms with van der Waals surface area (Å²) < 4.78 is 0. The highest BCUT2D eigenvalue weighted by atomic mass is 16.1. The lowest BCUT2D eigenvalue weighted by Crippen LogP contribution is -2.38. The molecule has 1 aromatic rings. The average molecular weight is 248 g/mol. The van der Waals surface area contributed by atoms with Crippen molar-refractivity contribution in [1.29, 1.82) is 0 Å². The fraction of sp³-hybridized carbons (Fsp3) is 0.533. The summed E-state index contributed by atoms with van der Waals surface area (Å²) in [7, 11) is 1.88. The first-order chi connectivity index (χ1) is 8.54. The zero-order valence-corrected chi connectivity index (χ0v) is 11.8. The van der Waals surface area contributed by atoms with Crippen LogP contribution in [-0.2, 0) is 11.3 Å². The molecule has 0 bridgehead atoms. The van der Waals surface area contributed by atoms with Gasteiger partial charge in [-0.15, -0.1) is 0 Å². The highest BCUT2D eigenvalue weighted by Gasteiger charge is 2.20. The predicted octanol–water partition coefficient (Wildman–Crippen LogP) is 2.10. The standard InChI is InChI=1S/C15H24N2O/c1-11(2)14(10-16-4)15(18)17-9-13-7-5-6-12(3)8-13/h5-8,11,14,16H,9-10H2,1-4H3,(H,17,18). The van der Waals surface area contributed by atoms with E-state index in [1.165, 1.54) is 5.56 Å². The third kappa shape index (κ3) is 4.49. The number of hydrogen-bond donors (Lipinski definition) is 2. The van der Waals surface area contributed by atoms with Crippen LogP contribution in [0.25, 0.3) is 0 Å². The van der Waals surface area contributed by atoms with Crippen LogP contribution in [0.4, 0.5) is 0 Å². The molecule has 0 radical (unpaired) electrons. The van der Waals surface area contributed by atoms with Gasteiger partial charge in [0, 0.05) is 13.1 Å². The van der Waals surface area contributed by atoms with Crippen molar-refractivity contribution in [2.45, 2.75) is 27.3 Å². The van der Waals surface area contributed by atoms with Gasteiger partial charge in [-0.3, -0.25) is 4.79 Å². The van der Waals surface area contributed by atoms with Crippen LogP contribution in [-0.4, -0.2) is 19.5 Å². The van der Waals surface area contributed by atoms with Crippen LogP contribution in [0.15, 0.2) is 24.3 Å². The van der Waals surface area contributed by atoms with Gasteiger partial charge < -0.3 is 10.6 Å². The van der Waals surface area contributed by atoms with Crippen molar-refractivity contribution >= 4 is 5.91 Å². The summed E-state index contributed by atoms with van der Waals surface area (Å²) in [5.74, 6) is 0.496. The van der Waals surface area contributed by atoms with Crippen LogP contribution >= 0.6 is 0 Å². The normalized spacial score (nSPS) is 12.5. The molecule has 100 valence electrons. The summed E-state index contributed by atoms with van der Waals surface area (Å²) in [6.07, 6.45) is 0. The Bertz CT molecular complexity index is 388. The van der Waals surface area contributed by atoms with Crippen LogP contribution in [0.2, 0.25) is 0 Å². The fourth-order valence-electron chi connectivity index (χ4n) is 1.99. The second kappa shape index (κ2) is 7.17. The smallest absolute Gasteiger partial charge is 0.224 e. The SMILES string of the molecule is CNCC(C(=O)NCc1cccc(C)c1)C(C)C. The second-order valence-corrected chi connectivity index (χ2v) is 5.12. The van der Waals surface area contributed by atoms with E-state index in [2.05, 4.69) is 43.5 Å². The number of aryl methyl sites for hydroxylation is 1. The maximum atomic E-state index is 12.1. The summed E-state index contributed by atoms with van der Waals surface area (Å²) in [5, 5.41) is 6.09. The molecule has 0 aromatic heterocycles. The Hall–Kier alpha value is -1.35. The summed E-state index contributed by atoms with van der Waals surface area (Å²) >= 11 is 0. The number of rotatable bonds is 6. The number of benzene rings is 1. The molecule has 0 aliphatic rings. The van der Waals surface area contributed by atoms with Crippen molar-refractivity contribution in [3.63, 3.8) is 0 Å². The first-order valence-electron chi connectivity index (χ1n) is 6.52. The third-order valence-corrected chi connectivity index (χ3v) is 3.11. The van der Waals surface area contributed by atoms with Gasteiger partial charge in [0.15, 0.2) is 0 Å². The Kier molecular flexibility index (Phi) is 5.86. The average Bonchev–Trinajstić information content (AvgIpc) is 2.32. The predicted molar refractivity (Wildman–Crippen MR) is 75.3 cm³/mol. The van der Waals surface area contributed by atoms with E-state index < -0.39 is 0 Å². The highest BCUT2D eigenvalue weighted by Crippen LogP contribution is 2.10. The molecule has 1 amide bonds. The number of hydrogen-bond acceptors (Lipinski definition) is 2. The maximum Gasteiger partial charge on any atom is 0.224 e. The molecule has 0 aliphatic heterocycles. The highest BCUT2D eigenvalue weighted by molar-refractivity contribution is 5.79. The molecule has 0 fully saturated rings. The van der Waals surface area contributed by atoms with Crippen LogP contribution in [0.5, 0.6) is 0 Å². The van der Waals surface area contributed by atoms with Gasteiger partial charge >= 0.3 is 0 Å². The minimum atomic E-state index is 0.0276. The Morgan fingerprint density at radius 3 is 2.61 bits per heavy atom. The lowest BCUT2D eigenvalue weighted by Gasteiger charge is -2.19. The van der Waals surface area contributed by atoms with Crippen LogP contribution in [0, 0.1) is 18.8 Å². The van der Waals surface area contributed by atoms with Crippen LogP contribution < -0.4 is 10.6 Å². The van der Waals surface area contributed by atoms with Crippen molar-refractivity contribution in [3.05, 3.63) is 35.4 Å². The molecule has 0 saturated heterocycles. The largest absolute Gasteiger partial charge is 0.352 e. The molecule has 2 N–H and O–H groups in total. The summed E-state index contributed by atoms with van der Waals surface area (Å²) in [6, 6.07) is 8.21. The first-order valence-corrected chi connectivity index (χ1v) is 6.52. The molecule has 1 atom stereocenters. The van der Waals surface area contributed by atoms with Gasteiger partial charge in [-0.05, 0) is 25.5 Å². The second-order valence-electron chi connectivity index (χ2n) is 5.12. The first kappa shape index (κ1) is 14.7. The monoisotopic (exact) mass is 248 g/mol. The summed E-state index contributed by atoms with van der Waals surface area (Å²) in [6.45, 7) is 7.54. The molecular weight excluding hydrogens is 224 g/mol. The Labute approximate surface area is 110 Å². The molecule has 0 spiro atoms. The molecule has 0 aliphatic carbocycles. The number of carbonyl (C=O) groups excluding carboxylic acids is 1. The van der Waals surface area contributed by atoms with Gasteiger partial charge in [-0.25, -0.2) is 0 Å². The lowest BCUT2D eigenvalue weighted by molar-refractivity contribution is -0.126. The Balaban J connectivity index is 2.54. The fourth-order valence-corrected chi connectivity index (χ4v) is 1.99.